The molecule has 0 atom stereocenters. The molecule has 2 heterocycles. The maximum Gasteiger partial charge on any atom is 0.283 e. The molecule has 0 bridgehead atoms. The third-order valence-electron chi connectivity index (χ3n) is 4.60. The van der Waals surface area contributed by atoms with E-state index < -0.39 is 0 Å². The number of aliphatic imine (C=N–C) groups is 1. The molecule has 160 valence electrons. The van der Waals surface area contributed by atoms with Gasteiger partial charge in [-0.3, -0.25) is 14.5 Å². The molecular formula is C23H23N3O4S. The first-order valence-corrected chi connectivity index (χ1v) is 10.9. The molecule has 1 N–H and O–H groups in total. The lowest BCUT2D eigenvalue weighted by atomic mass is 10.1. The number of carbonyl (C=O) groups excluding carboxylic acids is 2. The van der Waals surface area contributed by atoms with Crippen LogP contribution < -0.4 is 19.7 Å². The van der Waals surface area contributed by atoms with Gasteiger partial charge in [0.25, 0.3) is 5.91 Å². The van der Waals surface area contributed by atoms with Crippen molar-refractivity contribution in [2.75, 3.05) is 17.4 Å². The Balaban J connectivity index is 1.62. The van der Waals surface area contributed by atoms with Crippen LogP contribution in [0.1, 0.15) is 25.0 Å². The van der Waals surface area contributed by atoms with Crippen LogP contribution in [0.2, 0.25) is 0 Å². The zero-order valence-corrected chi connectivity index (χ0v) is 18.4. The molecule has 4 rings (SSSR count). The summed E-state index contributed by atoms with van der Waals surface area (Å²) in [4.78, 5) is 31.5. The van der Waals surface area contributed by atoms with E-state index in [0.29, 0.717) is 28.1 Å². The van der Waals surface area contributed by atoms with E-state index in [2.05, 4.69) is 10.3 Å². The van der Waals surface area contributed by atoms with Crippen LogP contribution in [0.25, 0.3) is 6.08 Å². The minimum absolute atomic E-state index is 0.0508. The van der Waals surface area contributed by atoms with E-state index in [1.807, 2.05) is 63.2 Å². The zero-order chi connectivity index (χ0) is 22.0. The van der Waals surface area contributed by atoms with Gasteiger partial charge in [0.15, 0.2) is 16.7 Å². The number of amidine groups is 1. The minimum Gasteiger partial charge on any atom is -0.454 e. The Kier molecular flexibility index (Phi) is 5.99. The van der Waals surface area contributed by atoms with Gasteiger partial charge in [0.1, 0.15) is 5.70 Å². The number of benzene rings is 2. The van der Waals surface area contributed by atoms with Gasteiger partial charge in [-0.15, -0.1) is 0 Å². The van der Waals surface area contributed by atoms with Crippen molar-refractivity contribution in [3.8, 4) is 11.5 Å². The molecule has 0 unspecified atom stereocenters. The number of hydrogen-bond acceptors (Lipinski definition) is 6. The third kappa shape index (κ3) is 4.74. The van der Waals surface area contributed by atoms with Crippen LogP contribution in [0.15, 0.2) is 53.2 Å². The summed E-state index contributed by atoms with van der Waals surface area (Å²) in [5.74, 6) is 1.14. The standard InChI is InChI=1S/C23H23N3O4S/c1-14(2)24-21(27)12-31-23-25-18(10-16-6-9-19-20(11-16)30-13-29-19)22(28)26(23)17-7-4-15(3)5-8-17/h4-11,14H,12-13H2,1-3H3,(H,24,27)/b18-10-. The van der Waals surface area contributed by atoms with E-state index in [9.17, 15) is 9.59 Å². The highest BCUT2D eigenvalue weighted by Crippen LogP contribution is 2.34. The molecule has 0 fully saturated rings. The fourth-order valence-corrected chi connectivity index (χ4v) is 3.99. The summed E-state index contributed by atoms with van der Waals surface area (Å²) in [6.45, 7) is 5.99. The molecule has 0 aliphatic carbocycles. The smallest absolute Gasteiger partial charge is 0.283 e. The minimum atomic E-state index is -0.242. The molecule has 0 radical (unpaired) electrons. The summed E-state index contributed by atoms with van der Waals surface area (Å²) in [7, 11) is 0. The van der Waals surface area contributed by atoms with Gasteiger partial charge in [-0.25, -0.2) is 4.99 Å². The zero-order valence-electron chi connectivity index (χ0n) is 17.5. The number of aryl methyl sites for hydroxylation is 1. The number of nitrogens with zero attached hydrogens (tertiary/aromatic N) is 2. The third-order valence-corrected chi connectivity index (χ3v) is 5.54. The second-order valence-corrected chi connectivity index (χ2v) is 8.47. The lowest BCUT2D eigenvalue weighted by Crippen LogP contribution is -2.34. The average molecular weight is 438 g/mol. The molecule has 2 amide bonds. The van der Waals surface area contributed by atoms with Gasteiger partial charge < -0.3 is 14.8 Å². The second kappa shape index (κ2) is 8.85. The molecule has 0 saturated heterocycles. The van der Waals surface area contributed by atoms with Crippen LogP contribution in [-0.2, 0) is 9.59 Å². The van der Waals surface area contributed by atoms with E-state index in [-0.39, 0.29) is 30.4 Å². The fourth-order valence-electron chi connectivity index (χ4n) is 3.17. The van der Waals surface area contributed by atoms with Crippen LogP contribution in [0.4, 0.5) is 5.69 Å². The van der Waals surface area contributed by atoms with E-state index in [4.69, 9.17) is 9.47 Å². The number of amides is 2. The van der Waals surface area contributed by atoms with Crippen LogP contribution in [0.3, 0.4) is 0 Å². The normalized spacial score (nSPS) is 16.3. The SMILES string of the molecule is Cc1ccc(N2C(=O)/C(=C/c3ccc4c(c3)OCO4)N=C2SCC(=O)NC(C)C)cc1. The van der Waals surface area contributed by atoms with Crippen molar-refractivity contribution in [2.24, 2.45) is 4.99 Å². The maximum atomic E-state index is 13.2. The summed E-state index contributed by atoms with van der Waals surface area (Å²) in [5.41, 5.74) is 2.88. The molecule has 0 saturated carbocycles. The molecule has 0 spiro atoms. The Hall–Kier alpha value is -3.26. The van der Waals surface area contributed by atoms with Gasteiger partial charge in [0.05, 0.1) is 11.4 Å². The molecule has 31 heavy (non-hydrogen) atoms. The summed E-state index contributed by atoms with van der Waals surface area (Å²) in [5, 5.41) is 3.33. The average Bonchev–Trinajstić information content (AvgIpc) is 3.31. The van der Waals surface area contributed by atoms with E-state index in [0.717, 1.165) is 11.1 Å². The molecule has 2 aromatic carbocycles. The maximum absolute atomic E-state index is 13.2. The van der Waals surface area contributed by atoms with Crippen LogP contribution in [0, 0.1) is 6.92 Å². The van der Waals surface area contributed by atoms with Gasteiger partial charge in [0.2, 0.25) is 12.7 Å². The Labute approximate surface area is 185 Å². The molecule has 2 aliphatic heterocycles. The quantitative estimate of drug-likeness (QED) is 0.721. The number of nitrogens with one attached hydrogen (secondary N) is 1. The summed E-state index contributed by atoms with van der Waals surface area (Å²) < 4.78 is 10.8. The van der Waals surface area contributed by atoms with Crippen LogP contribution in [-0.4, -0.2) is 35.6 Å². The first kappa shape index (κ1) is 21.0. The Bertz CT molecular complexity index is 1080. The van der Waals surface area contributed by atoms with Crippen molar-refractivity contribution in [1.82, 2.24) is 5.32 Å². The number of carbonyl (C=O) groups is 2. The lowest BCUT2D eigenvalue weighted by molar-refractivity contribution is -0.119. The number of hydrogen-bond donors (Lipinski definition) is 1. The van der Waals surface area contributed by atoms with Crippen molar-refractivity contribution < 1.29 is 19.1 Å². The van der Waals surface area contributed by atoms with Crippen molar-refractivity contribution in [1.29, 1.82) is 0 Å². The Morgan fingerprint density at radius 3 is 2.68 bits per heavy atom. The predicted octanol–water partition coefficient (Wildman–Crippen LogP) is 3.73. The molecule has 2 aromatic rings. The number of anilines is 1. The predicted molar refractivity (Wildman–Crippen MR) is 122 cm³/mol. The Morgan fingerprint density at radius 1 is 1.19 bits per heavy atom. The highest BCUT2D eigenvalue weighted by Gasteiger charge is 2.32. The molecule has 8 heteroatoms. The second-order valence-electron chi connectivity index (χ2n) is 7.52. The van der Waals surface area contributed by atoms with Crippen LogP contribution in [0.5, 0.6) is 11.5 Å². The highest BCUT2D eigenvalue weighted by molar-refractivity contribution is 8.14. The molecule has 7 nitrogen and oxygen atoms in total. The number of rotatable bonds is 5. The van der Waals surface area contributed by atoms with E-state index in [1.54, 1.807) is 11.0 Å². The van der Waals surface area contributed by atoms with Gasteiger partial charge in [-0.2, -0.15) is 0 Å². The van der Waals surface area contributed by atoms with Gasteiger partial charge >= 0.3 is 0 Å². The fraction of sp³-hybridized carbons (Fsp3) is 0.261. The van der Waals surface area contributed by atoms with Crippen LogP contribution >= 0.6 is 11.8 Å². The first-order valence-electron chi connectivity index (χ1n) is 9.94. The number of ether oxygens (including phenoxy) is 2. The number of thioether (sulfide) groups is 1. The van der Waals surface area contributed by atoms with Crippen molar-refractivity contribution >= 4 is 40.5 Å². The lowest BCUT2D eigenvalue weighted by Gasteiger charge is -2.18. The van der Waals surface area contributed by atoms with Gasteiger partial charge in [-0.1, -0.05) is 35.5 Å². The molecular weight excluding hydrogens is 414 g/mol. The largest absolute Gasteiger partial charge is 0.454 e. The van der Waals surface area contributed by atoms with E-state index in [1.165, 1.54) is 11.8 Å². The number of fused-ring (bicyclic) bond motifs is 1. The van der Waals surface area contributed by atoms with Gasteiger partial charge in [0, 0.05) is 6.04 Å². The van der Waals surface area contributed by atoms with Crippen molar-refractivity contribution in [2.45, 2.75) is 26.8 Å². The van der Waals surface area contributed by atoms with Crippen molar-refractivity contribution in [3.05, 3.63) is 59.3 Å². The van der Waals surface area contributed by atoms with Gasteiger partial charge in [-0.05, 0) is 56.7 Å². The Morgan fingerprint density at radius 2 is 1.94 bits per heavy atom. The molecule has 0 aromatic heterocycles. The van der Waals surface area contributed by atoms with Crippen molar-refractivity contribution in [3.63, 3.8) is 0 Å². The topological polar surface area (TPSA) is 80.2 Å². The highest BCUT2D eigenvalue weighted by atomic mass is 32.2. The summed E-state index contributed by atoms with van der Waals surface area (Å²) >= 11 is 1.24. The summed E-state index contributed by atoms with van der Waals surface area (Å²) in [6, 6.07) is 13.2. The first-order chi connectivity index (χ1) is 14.9. The van der Waals surface area contributed by atoms with E-state index >= 15 is 0 Å². The monoisotopic (exact) mass is 437 g/mol. The summed E-state index contributed by atoms with van der Waals surface area (Å²) in [6.07, 6.45) is 1.72. The molecule has 2 aliphatic rings.